The van der Waals surface area contributed by atoms with Gasteiger partial charge in [0.25, 0.3) is 5.91 Å². The monoisotopic (exact) mass is 596 g/mol. The summed E-state index contributed by atoms with van der Waals surface area (Å²) < 4.78 is 5.92. The van der Waals surface area contributed by atoms with Crippen molar-refractivity contribution >= 4 is 35.2 Å². The van der Waals surface area contributed by atoms with Gasteiger partial charge in [0.05, 0.1) is 17.0 Å². The van der Waals surface area contributed by atoms with Gasteiger partial charge in [-0.15, -0.1) is 0 Å². The lowest BCUT2D eigenvalue weighted by Crippen LogP contribution is -2.43. The number of fused-ring (bicyclic) bond motifs is 1. The number of hydrogen-bond donors (Lipinski definition) is 0. The molecule has 5 rings (SSSR count). The van der Waals surface area contributed by atoms with Crippen molar-refractivity contribution in [1.82, 2.24) is 24.7 Å². The maximum Gasteiger partial charge on any atom is 0.414 e. The molecule has 3 aliphatic rings. The van der Waals surface area contributed by atoms with Gasteiger partial charge in [-0.1, -0.05) is 17.7 Å². The zero-order valence-corrected chi connectivity index (χ0v) is 25.8. The highest BCUT2D eigenvalue weighted by Gasteiger charge is 2.42. The molecule has 3 aliphatic heterocycles. The highest BCUT2D eigenvalue weighted by Crippen LogP contribution is 2.33. The summed E-state index contributed by atoms with van der Waals surface area (Å²) in [5.74, 6) is 0.968. The first kappa shape index (κ1) is 30.2. The predicted molar refractivity (Wildman–Crippen MR) is 161 cm³/mol. The van der Waals surface area contributed by atoms with Crippen LogP contribution in [0.15, 0.2) is 24.5 Å². The van der Waals surface area contributed by atoms with Gasteiger partial charge >= 0.3 is 6.09 Å². The van der Waals surface area contributed by atoms with Crippen LogP contribution in [0.5, 0.6) is 0 Å². The van der Waals surface area contributed by atoms with E-state index in [0.717, 1.165) is 61.8 Å². The molecule has 11 heteroatoms. The van der Waals surface area contributed by atoms with Crippen LogP contribution in [0.1, 0.15) is 53.5 Å². The minimum atomic E-state index is -0.376. The molecular formula is C31H41ClN6O4. The average molecular weight is 597 g/mol. The summed E-state index contributed by atoms with van der Waals surface area (Å²) in [5.41, 5.74) is 3.75. The van der Waals surface area contributed by atoms with Crippen LogP contribution in [0.3, 0.4) is 0 Å². The molecule has 2 atom stereocenters. The molecule has 1 aromatic carbocycles. The van der Waals surface area contributed by atoms with Crippen molar-refractivity contribution in [2.45, 2.75) is 53.1 Å². The Hall–Kier alpha value is -3.24. The van der Waals surface area contributed by atoms with Crippen LogP contribution in [0.2, 0.25) is 5.02 Å². The van der Waals surface area contributed by atoms with Crippen LogP contribution < -0.4 is 4.90 Å². The number of carbonyl (C=O) groups excluding carboxylic acids is 3. The minimum absolute atomic E-state index is 0.0319. The second-order valence-electron chi connectivity index (χ2n) is 11.9. The molecule has 0 bridgehead atoms. The highest BCUT2D eigenvalue weighted by molar-refractivity contribution is 6.31. The summed E-state index contributed by atoms with van der Waals surface area (Å²) in [5, 5.41) is 0.610. The van der Waals surface area contributed by atoms with E-state index in [1.165, 1.54) is 6.33 Å². The third kappa shape index (κ3) is 6.70. The van der Waals surface area contributed by atoms with Gasteiger partial charge in [-0.3, -0.25) is 14.5 Å². The lowest BCUT2D eigenvalue weighted by atomic mass is 10.0. The Balaban J connectivity index is 1.15. The zero-order valence-electron chi connectivity index (χ0n) is 25.0. The van der Waals surface area contributed by atoms with Crippen molar-refractivity contribution in [3.63, 3.8) is 0 Å². The molecule has 0 radical (unpaired) electrons. The van der Waals surface area contributed by atoms with E-state index in [0.29, 0.717) is 54.9 Å². The summed E-state index contributed by atoms with van der Waals surface area (Å²) in [4.78, 5) is 54.6. The van der Waals surface area contributed by atoms with Crippen molar-refractivity contribution in [3.05, 3.63) is 52.1 Å². The van der Waals surface area contributed by atoms with Gasteiger partial charge < -0.3 is 19.4 Å². The third-order valence-corrected chi connectivity index (χ3v) is 9.39. The van der Waals surface area contributed by atoms with Gasteiger partial charge in [-0.05, 0) is 63.3 Å². The SMILES string of the molecule is CC(=O)N1CCC(OC(=O)N(CCCN2CC3CN(C(=O)c4c(C)ncnc4C)CC3C2)c2ccc(C)c(Cl)c2)CC1. The summed E-state index contributed by atoms with van der Waals surface area (Å²) in [6, 6.07) is 5.65. The van der Waals surface area contributed by atoms with Crippen LogP contribution in [-0.4, -0.2) is 101 Å². The van der Waals surface area contributed by atoms with E-state index >= 15 is 0 Å². The fraction of sp³-hybridized carbons (Fsp3) is 0.581. The minimum Gasteiger partial charge on any atom is -0.446 e. The Kier molecular flexibility index (Phi) is 9.32. The number of benzene rings is 1. The molecule has 3 amide bonds. The largest absolute Gasteiger partial charge is 0.446 e. The van der Waals surface area contributed by atoms with E-state index < -0.39 is 0 Å². The third-order valence-electron chi connectivity index (χ3n) is 8.99. The Bertz CT molecular complexity index is 1300. The molecule has 0 spiro atoms. The summed E-state index contributed by atoms with van der Waals surface area (Å²) in [6.07, 6.45) is 2.98. The second kappa shape index (κ2) is 13.0. The Morgan fingerprint density at radius 2 is 1.62 bits per heavy atom. The first-order valence-corrected chi connectivity index (χ1v) is 15.3. The summed E-state index contributed by atoms with van der Waals surface area (Å²) in [6.45, 7) is 13.2. The molecule has 3 saturated heterocycles. The maximum atomic E-state index is 13.4. The quantitative estimate of drug-likeness (QED) is 0.474. The predicted octanol–water partition coefficient (Wildman–Crippen LogP) is 4.10. The number of hydrogen-bond acceptors (Lipinski definition) is 7. The normalized spacial score (nSPS) is 21.0. The molecule has 0 N–H and O–H groups in total. The fourth-order valence-electron chi connectivity index (χ4n) is 6.52. The van der Waals surface area contributed by atoms with E-state index in [4.69, 9.17) is 16.3 Å². The summed E-state index contributed by atoms with van der Waals surface area (Å²) >= 11 is 6.42. The first-order chi connectivity index (χ1) is 20.1. The van der Waals surface area contributed by atoms with Crippen LogP contribution >= 0.6 is 11.6 Å². The molecule has 0 saturated carbocycles. The first-order valence-electron chi connectivity index (χ1n) is 14.9. The van der Waals surface area contributed by atoms with Gasteiger partial charge in [0.2, 0.25) is 5.91 Å². The standard InChI is InChI=1S/C31H41ClN6O4/c1-20-6-7-26(14-28(20)32)38(31(41)42-27-8-12-36(13-9-27)23(4)39)11-5-10-35-15-24-17-37(18-25(24)16-35)30(40)29-21(2)33-19-34-22(29)3/h6-7,14,19,24-25,27H,5,8-13,15-18H2,1-4H3. The number of halogens is 1. The molecule has 2 aromatic rings. The number of rotatable bonds is 7. The number of piperidine rings is 1. The van der Waals surface area contributed by atoms with Crippen LogP contribution in [0.4, 0.5) is 10.5 Å². The van der Waals surface area contributed by atoms with Crippen LogP contribution in [-0.2, 0) is 9.53 Å². The second-order valence-corrected chi connectivity index (χ2v) is 12.3. The van der Waals surface area contributed by atoms with Gasteiger partial charge in [0, 0.05) is 76.3 Å². The van der Waals surface area contributed by atoms with Gasteiger partial charge in [0.15, 0.2) is 0 Å². The molecule has 10 nitrogen and oxygen atoms in total. The summed E-state index contributed by atoms with van der Waals surface area (Å²) in [7, 11) is 0. The smallest absolute Gasteiger partial charge is 0.414 e. The molecule has 0 aliphatic carbocycles. The number of anilines is 1. The van der Waals surface area contributed by atoms with Gasteiger partial charge in [0.1, 0.15) is 12.4 Å². The van der Waals surface area contributed by atoms with E-state index in [9.17, 15) is 14.4 Å². The van der Waals surface area contributed by atoms with Crippen molar-refractivity contribution in [2.24, 2.45) is 11.8 Å². The average Bonchev–Trinajstić information content (AvgIpc) is 3.52. The van der Waals surface area contributed by atoms with E-state index in [-0.39, 0.29) is 24.0 Å². The molecule has 4 heterocycles. The number of carbonyl (C=O) groups is 3. The zero-order chi connectivity index (χ0) is 30.0. The van der Waals surface area contributed by atoms with Crippen molar-refractivity contribution in [2.75, 3.05) is 57.3 Å². The number of aromatic nitrogens is 2. The Morgan fingerprint density at radius 1 is 0.976 bits per heavy atom. The number of nitrogens with zero attached hydrogens (tertiary/aromatic N) is 6. The van der Waals surface area contributed by atoms with Crippen molar-refractivity contribution < 1.29 is 19.1 Å². The number of aryl methyl sites for hydroxylation is 3. The van der Waals surface area contributed by atoms with Gasteiger partial charge in [-0.25, -0.2) is 14.8 Å². The number of amides is 3. The molecule has 42 heavy (non-hydrogen) atoms. The molecule has 3 fully saturated rings. The topological polar surface area (TPSA) is 99.2 Å². The molecular weight excluding hydrogens is 556 g/mol. The highest BCUT2D eigenvalue weighted by atomic mass is 35.5. The van der Waals surface area contributed by atoms with Crippen LogP contribution in [0, 0.1) is 32.6 Å². The lowest BCUT2D eigenvalue weighted by Gasteiger charge is -2.32. The maximum absolute atomic E-state index is 13.4. The molecule has 2 unspecified atom stereocenters. The van der Waals surface area contributed by atoms with Crippen molar-refractivity contribution in [1.29, 1.82) is 0 Å². The lowest BCUT2D eigenvalue weighted by molar-refractivity contribution is -0.130. The van der Waals surface area contributed by atoms with E-state index in [2.05, 4.69) is 14.9 Å². The fourth-order valence-corrected chi connectivity index (χ4v) is 6.70. The number of ether oxygens (including phenoxy) is 1. The van der Waals surface area contributed by atoms with Crippen LogP contribution in [0.25, 0.3) is 0 Å². The Morgan fingerprint density at radius 3 is 2.21 bits per heavy atom. The van der Waals surface area contributed by atoms with Gasteiger partial charge in [-0.2, -0.15) is 0 Å². The van der Waals surface area contributed by atoms with E-state index in [1.807, 2.05) is 43.9 Å². The number of likely N-dealkylation sites (tertiary alicyclic amines) is 3. The molecule has 226 valence electrons. The molecule has 1 aromatic heterocycles. The Labute approximate surface area is 253 Å². The van der Waals surface area contributed by atoms with E-state index in [1.54, 1.807) is 16.7 Å². The van der Waals surface area contributed by atoms with Crippen molar-refractivity contribution in [3.8, 4) is 0 Å².